The minimum absolute atomic E-state index is 0.127. The Balaban J connectivity index is 1.99. The molecular formula is C21H32O4. The van der Waals surface area contributed by atoms with E-state index in [4.69, 9.17) is 9.47 Å². The van der Waals surface area contributed by atoms with Crippen LogP contribution in [0.15, 0.2) is 23.8 Å². The summed E-state index contributed by atoms with van der Waals surface area (Å²) in [6.45, 7) is 6.82. The van der Waals surface area contributed by atoms with Crippen molar-refractivity contribution in [3.8, 4) is 0 Å². The molecule has 5 unspecified atom stereocenters. The number of rotatable bonds is 3. The van der Waals surface area contributed by atoms with Crippen LogP contribution in [0, 0.1) is 23.2 Å². The Morgan fingerprint density at radius 1 is 1.32 bits per heavy atom. The lowest BCUT2D eigenvalue weighted by Crippen LogP contribution is -2.55. The molecule has 0 aromatic heterocycles. The lowest BCUT2D eigenvalue weighted by Gasteiger charge is -2.50. The van der Waals surface area contributed by atoms with Gasteiger partial charge in [-0.25, -0.2) is 0 Å². The molecule has 1 aliphatic heterocycles. The summed E-state index contributed by atoms with van der Waals surface area (Å²) in [5.41, 5.74) is 0.474. The van der Waals surface area contributed by atoms with E-state index in [-0.39, 0.29) is 29.3 Å². The Kier molecular flexibility index (Phi) is 5.13. The van der Waals surface area contributed by atoms with Gasteiger partial charge >= 0.3 is 5.97 Å². The standard InChI is InChI=1S/C21H32O4/c1-14(2)6-5-7-15-12-25-19(23)18-16(15)8-10-20(3)13-21(18,24-4)11-9-17(20)22/h5-7,14,16-18,22H,8-13H2,1-4H3. The van der Waals surface area contributed by atoms with Crippen LogP contribution < -0.4 is 0 Å². The molecule has 2 bridgehead atoms. The van der Waals surface area contributed by atoms with E-state index < -0.39 is 5.60 Å². The monoisotopic (exact) mass is 348 g/mol. The zero-order valence-corrected chi connectivity index (χ0v) is 16.0. The molecule has 1 N–H and O–H groups in total. The van der Waals surface area contributed by atoms with Gasteiger partial charge in [-0.2, -0.15) is 0 Å². The molecule has 0 aromatic carbocycles. The summed E-state index contributed by atoms with van der Waals surface area (Å²) in [6.07, 6.45) is 10.00. The second-order valence-electron chi connectivity index (χ2n) is 8.76. The number of fused-ring (bicyclic) bond motifs is 4. The van der Waals surface area contributed by atoms with Crippen molar-refractivity contribution < 1.29 is 19.4 Å². The van der Waals surface area contributed by atoms with Crippen molar-refractivity contribution in [2.75, 3.05) is 13.7 Å². The SMILES string of the molecule is COC12CCC(O)C(C)(CCC3C(=CC=CC(C)C)COC(=O)C31)C2. The number of hydrogen-bond acceptors (Lipinski definition) is 4. The van der Waals surface area contributed by atoms with E-state index in [1.807, 2.05) is 0 Å². The fraction of sp³-hybridized carbons (Fsp3) is 0.762. The van der Waals surface area contributed by atoms with Gasteiger partial charge in [0.2, 0.25) is 0 Å². The van der Waals surface area contributed by atoms with Gasteiger partial charge in [0.1, 0.15) is 6.61 Å². The number of aliphatic hydroxyl groups is 1. The number of esters is 1. The largest absolute Gasteiger partial charge is 0.461 e. The van der Waals surface area contributed by atoms with Gasteiger partial charge in [-0.1, -0.05) is 39.0 Å². The lowest BCUT2D eigenvalue weighted by molar-refractivity contribution is -0.184. The molecule has 140 valence electrons. The molecule has 5 atom stereocenters. The van der Waals surface area contributed by atoms with Gasteiger partial charge in [-0.3, -0.25) is 4.79 Å². The summed E-state index contributed by atoms with van der Waals surface area (Å²) in [5, 5.41) is 10.6. The minimum atomic E-state index is -0.520. The highest BCUT2D eigenvalue weighted by atomic mass is 16.5. The van der Waals surface area contributed by atoms with E-state index in [1.165, 1.54) is 5.57 Å². The van der Waals surface area contributed by atoms with Gasteiger partial charge in [0.25, 0.3) is 0 Å². The van der Waals surface area contributed by atoms with E-state index in [2.05, 4.69) is 39.0 Å². The van der Waals surface area contributed by atoms with Crippen molar-refractivity contribution >= 4 is 5.97 Å². The van der Waals surface area contributed by atoms with Crippen molar-refractivity contribution in [1.82, 2.24) is 0 Å². The Bertz CT molecular complexity index is 578. The third-order valence-corrected chi connectivity index (χ3v) is 6.67. The Labute approximate surface area is 151 Å². The zero-order chi connectivity index (χ0) is 18.2. The number of ether oxygens (including phenoxy) is 2. The van der Waals surface area contributed by atoms with Crippen LogP contribution in [0.5, 0.6) is 0 Å². The van der Waals surface area contributed by atoms with Gasteiger partial charge < -0.3 is 14.6 Å². The molecular weight excluding hydrogens is 316 g/mol. The lowest BCUT2D eigenvalue weighted by atomic mass is 9.62. The van der Waals surface area contributed by atoms with Crippen LogP contribution in [0.1, 0.15) is 52.9 Å². The van der Waals surface area contributed by atoms with Crippen LogP contribution in [-0.4, -0.2) is 36.5 Å². The van der Waals surface area contributed by atoms with Gasteiger partial charge in [-0.05, 0) is 54.9 Å². The molecule has 1 heterocycles. The summed E-state index contributed by atoms with van der Waals surface area (Å²) >= 11 is 0. The van der Waals surface area contributed by atoms with E-state index in [0.29, 0.717) is 25.4 Å². The van der Waals surface area contributed by atoms with Crippen molar-refractivity contribution in [2.45, 2.75) is 64.6 Å². The summed E-state index contributed by atoms with van der Waals surface area (Å²) in [5.74, 6) is 0.244. The Morgan fingerprint density at radius 3 is 2.76 bits per heavy atom. The van der Waals surface area contributed by atoms with E-state index in [9.17, 15) is 9.90 Å². The molecule has 0 spiro atoms. The van der Waals surface area contributed by atoms with E-state index >= 15 is 0 Å². The maximum Gasteiger partial charge on any atom is 0.312 e. The van der Waals surface area contributed by atoms with Crippen molar-refractivity contribution in [3.63, 3.8) is 0 Å². The highest BCUT2D eigenvalue weighted by molar-refractivity contribution is 5.76. The molecule has 2 aliphatic carbocycles. The molecule has 4 heteroatoms. The summed E-state index contributed by atoms with van der Waals surface area (Å²) in [6, 6.07) is 0. The number of methoxy groups -OCH3 is 1. The summed E-state index contributed by atoms with van der Waals surface area (Å²) < 4.78 is 11.6. The van der Waals surface area contributed by atoms with Crippen molar-refractivity contribution in [1.29, 1.82) is 0 Å². The predicted molar refractivity (Wildman–Crippen MR) is 96.9 cm³/mol. The summed E-state index contributed by atoms with van der Waals surface area (Å²) in [4.78, 5) is 12.7. The van der Waals surface area contributed by atoms with Crippen molar-refractivity contribution in [3.05, 3.63) is 23.8 Å². The predicted octanol–water partition coefficient (Wildman–Crippen LogP) is 3.64. The highest BCUT2D eigenvalue weighted by Crippen LogP contribution is 2.56. The number of carbonyl (C=O) groups is 1. The number of allylic oxidation sites excluding steroid dienone is 3. The van der Waals surface area contributed by atoms with Gasteiger partial charge in [0, 0.05) is 7.11 Å². The Morgan fingerprint density at radius 2 is 2.08 bits per heavy atom. The summed E-state index contributed by atoms with van der Waals surface area (Å²) in [7, 11) is 1.71. The van der Waals surface area contributed by atoms with Crippen LogP contribution in [0.2, 0.25) is 0 Å². The molecule has 25 heavy (non-hydrogen) atoms. The van der Waals surface area contributed by atoms with Gasteiger partial charge in [0.05, 0.1) is 17.6 Å². The Hall–Kier alpha value is -1.13. The number of cyclic esters (lactones) is 1. The maximum absolute atomic E-state index is 12.7. The van der Waals surface area contributed by atoms with Crippen LogP contribution in [0.4, 0.5) is 0 Å². The first-order valence-electron chi connectivity index (χ1n) is 9.58. The number of aliphatic hydroxyl groups excluding tert-OH is 1. The molecule has 2 saturated carbocycles. The second kappa shape index (κ2) is 6.88. The molecule has 0 aromatic rings. The average molecular weight is 348 g/mol. The smallest absolute Gasteiger partial charge is 0.312 e. The fourth-order valence-corrected chi connectivity index (χ4v) is 5.16. The second-order valence-corrected chi connectivity index (χ2v) is 8.76. The molecule has 0 amide bonds. The van der Waals surface area contributed by atoms with E-state index in [1.54, 1.807) is 7.11 Å². The van der Waals surface area contributed by atoms with Crippen LogP contribution in [-0.2, 0) is 14.3 Å². The fourth-order valence-electron chi connectivity index (χ4n) is 5.16. The first kappa shape index (κ1) is 18.7. The molecule has 1 saturated heterocycles. The van der Waals surface area contributed by atoms with Crippen LogP contribution >= 0.6 is 0 Å². The molecule has 0 radical (unpaired) electrons. The molecule has 4 nitrogen and oxygen atoms in total. The molecule has 3 fully saturated rings. The quantitative estimate of drug-likeness (QED) is 0.791. The average Bonchev–Trinajstić information content (AvgIpc) is 2.68. The number of carbonyl (C=O) groups excluding carboxylic acids is 1. The highest BCUT2D eigenvalue weighted by Gasteiger charge is 2.59. The third kappa shape index (κ3) is 3.31. The first-order chi connectivity index (χ1) is 11.8. The molecule has 3 rings (SSSR count). The van der Waals surface area contributed by atoms with Crippen molar-refractivity contribution in [2.24, 2.45) is 23.2 Å². The third-order valence-electron chi connectivity index (χ3n) is 6.67. The molecule has 3 aliphatic rings. The van der Waals surface area contributed by atoms with Gasteiger partial charge in [-0.15, -0.1) is 0 Å². The van der Waals surface area contributed by atoms with Gasteiger partial charge in [0.15, 0.2) is 0 Å². The maximum atomic E-state index is 12.7. The number of hydrogen-bond donors (Lipinski definition) is 1. The zero-order valence-electron chi connectivity index (χ0n) is 16.0. The normalized spacial score (nSPS) is 43.2. The van der Waals surface area contributed by atoms with Crippen LogP contribution in [0.25, 0.3) is 0 Å². The van der Waals surface area contributed by atoms with E-state index in [0.717, 1.165) is 19.3 Å². The minimum Gasteiger partial charge on any atom is -0.461 e. The van der Waals surface area contributed by atoms with Crippen LogP contribution in [0.3, 0.4) is 0 Å². The first-order valence-corrected chi connectivity index (χ1v) is 9.58. The topological polar surface area (TPSA) is 55.8 Å².